The van der Waals surface area contributed by atoms with Gasteiger partial charge in [-0.25, -0.2) is 20.5 Å². The second-order valence-electron chi connectivity index (χ2n) is 5.01. The minimum Gasteiger partial charge on any atom is -0.481 e. The second-order valence-corrected chi connectivity index (χ2v) is 5.01. The van der Waals surface area contributed by atoms with Crippen LogP contribution in [0.15, 0.2) is 6.07 Å². The van der Waals surface area contributed by atoms with Crippen LogP contribution in [0.1, 0.15) is 30.1 Å². The van der Waals surface area contributed by atoms with Gasteiger partial charge in [-0.05, 0) is 19.8 Å². The number of rotatable bonds is 4. The summed E-state index contributed by atoms with van der Waals surface area (Å²) in [4.78, 5) is 9.09. The van der Waals surface area contributed by atoms with Gasteiger partial charge in [0.25, 0.3) is 0 Å². The number of ether oxygens (including phenoxy) is 1. The minimum atomic E-state index is 0.520. The number of methoxy groups -OCH3 is 1. The summed E-state index contributed by atoms with van der Waals surface area (Å²) in [6.07, 6.45) is 2.34. The topological polar surface area (TPSA) is 90.9 Å². The Kier molecular flexibility index (Phi) is 3.06. The first-order chi connectivity index (χ1) is 9.63. The normalized spacial score (nSPS) is 14.4. The summed E-state index contributed by atoms with van der Waals surface area (Å²) < 4.78 is 7.10. The van der Waals surface area contributed by atoms with Crippen LogP contribution in [0.2, 0.25) is 0 Å². The van der Waals surface area contributed by atoms with E-state index in [9.17, 15) is 0 Å². The number of aromatic nitrogens is 4. The lowest BCUT2D eigenvalue weighted by Crippen LogP contribution is -2.10. The van der Waals surface area contributed by atoms with E-state index in [0.717, 1.165) is 17.0 Å². The molecule has 1 fully saturated rings. The highest BCUT2D eigenvalue weighted by Gasteiger charge is 2.27. The zero-order chi connectivity index (χ0) is 14.3. The molecule has 0 saturated heterocycles. The zero-order valence-corrected chi connectivity index (χ0v) is 11.8. The fraction of sp³-hybridized carbons (Fsp3) is 0.462. The zero-order valence-electron chi connectivity index (χ0n) is 11.8. The lowest BCUT2D eigenvalue weighted by atomic mass is 10.2. The molecule has 1 aliphatic rings. The molecule has 0 spiro atoms. The predicted octanol–water partition coefficient (Wildman–Crippen LogP) is 1.36. The first-order valence-corrected chi connectivity index (χ1v) is 6.57. The fourth-order valence-electron chi connectivity index (χ4n) is 2.37. The van der Waals surface area contributed by atoms with E-state index < -0.39 is 0 Å². The molecule has 2 heterocycles. The summed E-state index contributed by atoms with van der Waals surface area (Å²) in [5.41, 5.74) is 5.27. The third kappa shape index (κ3) is 2.09. The summed E-state index contributed by atoms with van der Waals surface area (Å²) in [5.74, 6) is 7.89. The number of anilines is 1. The van der Waals surface area contributed by atoms with E-state index in [0.29, 0.717) is 23.4 Å². The third-order valence-corrected chi connectivity index (χ3v) is 3.48. The molecule has 0 radical (unpaired) electrons. The molecule has 0 amide bonds. The van der Waals surface area contributed by atoms with Gasteiger partial charge in [-0.2, -0.15) is 5.10 Å². The van der Waals surface area contributed by atoms with Gasteiger partial charge < -0.3 is 10.2 Å². The van der Waals surface area contributed by atoms with Gasteiger partial charge in [0, 0.05) is 24.7 Å². The van der Waals surface area contributed by atoms with Crippen molar-refractivity contribution in [3.63, 3.8) is 0 Å². The van der Waals surface area contributed by atoms with Crippen LogP contribution in [0.5, 0.6) is 5.88 Å². The Labute approximate surface area is 117 Å². The standard InChI is InChI=1S/C13H18N6O/c1-7-11(13(20-3)19(2)18-7)12-15-9(8-4-5-8)6-10(16-12)17-14/h6,8H,4-5,14H2,1-3H3,(H,15,16,17). The van der Waals surface area contributed by atoms with Crippen molar-refractivity contribution in [1.29, 1.82) is 0 Å². The maximum Gasteiger partial charge on any atom is 0.222 e. The highest BCUT2D eigenvalue weighted by molar-refractivity contribution is 5.66. The van der Waals surface area contributed by atoms with Crippen LogP contribution >= 0.6 is 0 Å². The maximum atomic E-state index is 5.51. The SMILES string of the molecule is COc1c(-c2nc(NN)cc(C3CC3)n2)c(C)nn1C. The molecule has 0 aliphatic heterocycles. The molecule has 2 aromatic heterocycles. The molecule has 0 unspecified atom stereocenters. The molecule has 2 aromatic rings. The molecule has 106 valence electrons. The predicted molar refractivity (Wildman–Crippen MR) is 75.3 cm³/mol. The number of nitrogens with two attached hydrogens (primary N) is 1. The molecule has 3 N–H and O–H groups in total. The molecule has 20 heavy (non-hydrogen) atoms. The Balaban J connectivity index is 2.16. The molecule has 0 atom stereocenters. The second kappa shape index (κ2) is 4.75. The number of nitrogen functional groups attached to an aromatic ring is 1. The quantitative estimate of drug-likeness (QED) is 0.646. The van der Waals surface area contributed by atoms with Crippen molar-refractivity contribution in [3.05, 3.63) is 17.5 Å². The van der Waals surface area contributed by atoms with Gasteiger partial charge in [0.2, 0.25) is 5.88 Å². The maximum absolute atomic E-state index is 5.51. The van der Waals surface area contributed by atoms with Crippen molar-refractivity contribution in [1.82, 2.24) is 19.7 Å². The van der Waals surface area contributed by atoms with Gasteiger partial charge in [0.15, 0.2) is 5.82 Å². The Morgan fingerprint density at radius 1 is 1.40 bits per heavy atom. The molecule has 7 heteroatoms. The molecule has 1 aliphatic carbocycles. The van der Waals surface area contributed by atoms with Crippen molar-refractivity contribution >= 4 is 5.82 Å². The van der Waals surface area contributed by atoms with Crippen LogP contribution < -0.4 is 16.0 Å². The van der Waals surface area contributed by atoms with E-state index in [1.165, 1.54) is 12.8 Å². The summed E-state index contributed by atoms with van der Waals surface area (Å²) in [6.45, 7) is 1.92. The number of aryl methyl sites for hydroxylation is 2. The van der Waals surface area contributed by atoms with Crippen molar-refractivity contribution in [2.45, 2.75) is 25.7 Å². The smallest absolute Gasteiger partial charge is 0.222 e. The van der Waals surface area contributed by atoms with Crippen molar-refractivity contribution in [2.75, 3.05) is 12.5 Å². The van der Waals surface area contributed by atoms with E-state index >= 15 is 0 Å². The summed E-state index contributed by atoms with van der Waals surface area (Å²) in [6, 6.07) is 1.90. The molecule has 3 rings (SSSR count). The molecule has 1 saturated carbocycles. The average molecular weight is 274 g/mol. The first-order valence-electron chi connectivity index (χ1n) is 6.57. The van der Waals surface area contributed by atoms with Crippen LogP contribution in [0.4, 0.5) is 5.82 Å². The fourth-order valence-corrected chi connectivity index (χ4v) is 2.37. The highest BCUT2D eigenvalue weighted by atomic mass is 16.5. The van der Waals surface area contributed by atoms with Crippen LogP contribution in [-0.4, -0.2) is 26.9 Å². The lowest BCUT2D eigenvalue weighted by molar-refractivity contribution is 0.374. The minimum absolute atomic E-state index is 0.520. The molecular formula is C13H18N6O. The number of hydrogen-bond acceptors (Lipinski definition) is 6. The van der Waals surface area contributed by atoms with Crippen molar-refractivity contribution in [3.8, 4) is 17.3 Å². The number of nitrogens with one attached hydrogen (secondary N) is 1. The largest absolute Gasteiger partial charge is 0.481 e. The Morgan fingerprint density at radius 2 is 2.15 bits per heavy atom. The van der Waals surface area contributed by atoms with E-state index in [4.69, 9.17) is 10.6 Å². The van der Waals surface area contributed by atoms with Gasteiger partial charge in [0.05, 0.1) is 12.8 Å². The number of hydrazine groups is 1. The average Bonchev–Trinajstić information content (AvgIpc) is 3.24. The summed E-state index contributed by atoms with van der Waals surface area (Å²) >= 11 is 0. The van der Waals surface area contributed by atoms with Gasteiger partial charge in [-0.3, -0.25) is 0 Å². The summed E-state index contributed by atoms with van der Waals surface area (Å²) in [7, 11) is 3.45. The first kappa shape index (κ1) is 12.9. The number of nitrogens with zero attached hydrogens (tertiary/aromatic N) is 4. The molecule has 7 nitrogen and oxygen atoms in total. The van der Waals surface area contributed by atoms with Gasteiger partial charge >= 0.3 is 0 Å². The van der Waals surface area contributed by atoms with Crippen molar-refractivity contribution in [2.24, 2.45) is 12.9 Å². The Hall–Kier alpha value is -2.15. The van der Waals surface area contributed by atoms with Crippen LogP contribution in [0.3, 0.4) is 0 Å². The highest BCUT2D eigenvalue weighted by Crippen LogP contribution is 2.41. The van der Waals surface area contributed by atoms with Gasteiger partial charge in [-0.1, -0.05) is 0 Å². The third-order valence-electron chi connectivity index (χ3n) is 3.48. The molecule has 0 aromatic carbocycles. The summed E-state index contributed by atoms with van der Waals surface area (Å²) in [5, 5.41) is 4.36. The Morgan fingerprint density at radius 3 is 2.75 bits per heavy atom. The number of hydrogen-bond donors (Lipinski definition) is 2. The molecular weight excluding hydrogens is 256 g/mol. The van der Waals surface area contributed by atoms with Crippen molar-refractivity contribution < 1.29 is 4.74 Å². The van der Waals surface area contributed by atoms with E-state index in [1.54, 1.807) is 11.8 Å². The van der Waals surface area contributed by atoms with Crippen LogP contribution in [-0.2, 0) is 7.05 Å². The van der Waals surface area contributed by atoms with Gasteiger partial charge in [-0.15, -0.1) is 0 Å². The monoisotopic (exact) mass is 274 g/mol. The Bertz CT molecular complexity index is 647. The van der Waals surface area contributed by atoms with Gasteiger partial charge in [0.1, 0.15) is 11.4 Å². The van der Waals surface area contributed by atoms with E-state index in [2.05, 4.69) is 20.5 Å². The van der Waals surface area contributed by atoms with Crippen LogP contribution in [0, 0.1) is 6.92 Å². The lowest BCUT2D eigenvalue weighted by Gasteiger charge is -2.08. The van der Waals surface area contributed by atoms with E-state index in [-0.39, 0.29) is 0 Å². The van der Waals surface area contributed by atoms with Crippen LogP contribution in [0.25, 0.3) is 11.4 Å². The molecule has 0 bridgehead atoms. The van der Waals surface area contributed by atoms with E-state index in [1.807, 2.05) is 20.0 Å².